The fourth-order valence-electron chi connectivity index (χ4n) is 1.88. The van der Waals surface area contributed by atoms with Crippen molar-refractivity contribution in [3.8, 4) is 11.5 Å². The average Bonchev–Trinajstić information content (AvgIpc) is 2.47. The van der Waals surface area contributed by atoms with Crippen LogP contribution in [-0.2, 0) is 0 Å². The molecule has 0 amide bonds. The predicted octanol–water partition coefficient (Wildman–Crippen LogP) is 2.96. The lowest BCUT2D eigenvalue weighted by Gasteiger charge is -2.19. The minimum absolute atomic E-state index is 0.501. The highest BCUT2D eigenvalue weighted by Crippen LogP contribution is 2.37. The van der Waals surface area contributed by atoms with Gasteiger partial charge in [0.1, 0.15) is 13.2 Å². The Morgan fingerprint density at radius 2 is 2.18 bits per heavy atom. The van der Waals surface area contributed by atoms with Crippen LogP contribution in [0.4, 0.5) is 0 Å². The molecule has 0 atom stereocenters. The molecule has 0 saturated carbocycles. The minimum atomic E-state index is 0.501. The lowest BCUT2D eigenvalue weighted by Crippen LogP contribution is -2.33. The summed E-state index contributed by atoms with van der Waals surface area (Å²) < 4.78 is 11.0. The third-order valence-electron chi connectivity index (χ3n) is 3.01. The Labute approximate surface area is 141 Å². The zero-order chi connectivity index (χ0) is 15.9. The quantitative estimate of drug-likeness (QED) is 0.490. The van der Waals surface area contributed by atoms with Gasteiger partial charge in [-0.2, -0.15) is 5.10 Å². The number of hydrogen-bond acceptors (Lipinski definition) is 4. The van der Waals surface area contributed by atoms with Crippen molar-refractivity contribution in [3.05, 3.63) is 22.7 Å². The van der Waals surface area contributed by atoms with Crippen LogP contribution >= 0.6 is 23.8 Å². The van der Waals surface area contributed by atoms with Crippen LogP contribution < -0.4 is 20.2 Å². The van der Waals surface area contributed by atoms with Gasteiger partial charge in [0.15, 0.2) is 16.6 Å². The molecule has 1 aliphatic rings. The van der Waals surface area contributed by atoms with E-state index >= 15 is 0 Å². The van der Waals surface area contributed by atoms with Crippen molar-refractivity contribution in [3.63, 3.8) is 0 Å². The monoisotopic (exact) mass is 341 g/mol. The maximum absolute atomic E-state index is 6.16. The number of benzene rings is 1. The van der Waals surface area contributed by atoms with Gasteiger partial charge in [-0.25, -0.2) is 0 Å². The van der Waals surface area contributed by atoms with Crippen LogP contribution in [0.3, 0.4) is 0 Å². The number of nitrogens with zero attached hydrogens (tertiary/aromatic N) is 1. The third kappa shape index (κ3) is 5.03. The predicted molar refractivity (Wildman–Crippen MR) is 93.2 cm³/mol. The Morgan fingerprint density at radius 1 is 1.41 bits per heavy atom. The topological polar surface area (TPSA) is 54.9 Å². The summed E-state index contributed by atoms with van der Waals surface area (Å²) in [4.78, 5) is 0. The SMILES string of the molecule is CC(C)CCNC(=S)N/N=C\c1cc(Cl)c2c(c1)OCCO2. The van der Waals surface area contributed by atoms with Crippen molar-refractivity contribution in [2.45, 2.75) is 20.3 Å². The molecule has 1 aliphatic heterocycles. The van der Waals surface area contributed by atoms with E-state index in [1.54, 1.807) is 12.3 Å². The first-order valence-corrected chi connectivity index (χ1v) is 8.01. The molecule has 22 heavy (non-hydrogen) atoms. The number of halogens is 1. The minimum Gasteiger partial charge on any atom is -0.486 e. The summed E-state index contributed by atoms with van der Waals surface area (Å²) in [5.41, 5.74) is 3.59. The summed E-state index contributed by atoms with van der Waals surface area (Å²) in [6, 6.07) is 3.61. The van der Waals surface area contributed by atoms with Crippen molar-refractivity contribution in [2.75, 3.05) is 19.8 Å². The zero-order valence-corrected chi connectivity index (χ0v) is 14.3. The lowest BCUT2D eigenvalue weighted by molar-refractivity contribution is 0.171. The molecule has 0 spiro atoms. The van der Waals surface area contributed by atoms with Crippen molar-refractivity contribution in [1.82, 2.24) is 10.7 Å². The van der Waals surface area contributed by atoms with Gasteiger partial charge in [0.05, 0.1) is 11.2 Å². The van der Waals surface area contributed by atoms with Crippen molar-refractivity contribution >= 4 is 35.1 Å². The number of hydrogen-bond donors (Lipinski definition) is 2. The van der Waals surface area contributed by atoms with Gasteiger partial charge in [0, 0.05) is 6.54 Å². The normalized spacial score (nSPS) is 13.5. The third-order valence-corrected chi connectivity index (χ3v) is 3.52. The van der Waals surface area contributed by atoms with E-state index in [0.717, 1.165) is 18.5 Å². The maximum Gasteiger partial charge on any atom is 0.186 e. The summed E-state index contributed by atoms with van der Waals surface area (Å²) in [6.07, 6.45) is 2.70. The van der Waals surface area contributed by atoms with Crippen molar-refractivity contribution in [2.24, 2.45) is 11.0 Å². The van der Waals surface area contributed by atoms with Crippen LogP contribution in [0.15, 0.2) is 17.2 Å². The smallest absolute Gasteiger partial charge is 0.186 e. The molecular formula is C15H20ClN3O2S. The molecule has 0 radical (unpaired) electrons. The summed E-state index contributed by atoms with van der Waals surface area (Å²) in [7, 11) is 0. The Balaban J connectivity index is 1.88. The molecule has 0 saturated heterocycles. The Kier molecular flexibility index (Phi) is 6.27. The Bertz CT molecular complexity index is 564. The van der Waals surface area contributed by atoms with Crippen LogP contribution in [0.5, 0.6) is 11.5 Å². The average molecular weight is 342 g/mol. The maximum atomic E-state index is 6.16. The van der Waals surface area contributed by atoms with E-state index in [1.807, 2.05) is 6.07 Å². The fraction of sp³-hybridized carbons (Fsp3) is 0.467. The molecule has 120 valence electrons. The Hall–Kier alpha value is -1.53. The van der Waals surface area contributed by atoms with Gasteiger partial charge in [-0.05, 0) is 42.3 Å². The van der Waals surface area contributed by atoms with Crippen LogP contribution in [-0.4, -0.2) is 31.1 Å². The zero-order valence-electron chi connectivity index (χ0n) is 12.7. The number of rotatable bonds is 5. The van der Waals surface area contributed by atoms with E-state index < -0.39 is 0 Å². The first-order valence-electron chi connectivity index (χ1n) is 7.22. The van der Waals surface area contributed by atoms with Crippen LogP contribution in [0.1, 0.15) is 25.8 Å². The molecule has 2 N–H and O–H groups in total. The van der Waals surface area contributed by atoms with Gasteiger partial charge in [-0.1, -0.05) is 25.4 Å². The number of ether oxygens (including phenoxy) is 2. The molecule has 5 nitrogen and oxygen atoms in total. The molecule has 7 heteroatoms. The molecule has 2 rings (SSSR count). The van der Waals surface area contributed by atoms with E-state index in [2.05, 4.69) is 29.7 Å². The van der Waals surface area contributed by atoms with E-state index in [1.165, 1.54) is 0 Å². The molecule has 0 aromatic heterocycles. The number of thiocarbonyl (C=S) groups is 1. The number of nitrogens with one attached hydrogen (secondary N) is 2. The van der Waals surface area contributed by atoms with E-state index in [9.17, 15) is 0 Å². The van der Waals surface area contributed by atoms with Gasteiger partial charge in [0.2, 0.25) is 0 Å². The highest BCUT2D eigenvalue weighted by Gasteiger charge is 2.15. The Morgan fingerprint density at radius 3 is 2.95 bits per heavy atom. The van der Waals surface area contributed by atoms with Crippen LogP contribution in [0.25, 0.3) is 0 Å². The molecule has 0 fully saturated rings. The summed E-state index contributed by atoms with van der Waals surface area (Å²) in [6.45, 7) is 6.20. The standard InChI is InChI=1S/C15H20ClN3O2S/c1-10(2)3-4-17-15(22)19-18-9-11-7-12(16)14-13(8-11)20-5-6-21-14/h7-10H,3-6H2,1-2H3,(H2,17,19,22)/b18-9-. The second kappa shape index (κ2) is 8.19. The second-order valence-electron chi connectivity index (χ2n) is 5.34. The van der Waals surface area contributed by atoms with Gasteiger partial charge < -0.3 is 14.8 Å². The van der Waals surface area contributed by atoms with Crippen molar-refractivity contribution in [1.29, 1.82) is 0 Å². The lowest BCUT2D eigenvalue weighted by atomic mass is 10.1. The first-order chi connectivity index (χ1) is 10.6. The van der Waals surface area contributed by atoms with Crippen LogP contribution in [0.2, 0.25) is 5.02 Å². The van der Waals surface area contributed by atoms with Gasteiger partial charge in [-0.3, -0.25) is 5.43 Å². The van der Waals surface area contributed by atoms with Gasteiger partial charge >= 0.3 is 0 Å². The van der Waals surface area contributed by atoms with Crippen LogP contribution in [0, 0.1) is 5.92 Å². The van der Waals surface area contributed by atoms with Gasteiger partial charge in [0.25, 0.3) is 0 Å². The van der Waals surface area contributed by atoms with E-state index in [0.29, 0.717) is 40.8 Å². The molecular weight excluding hydrogens is 322 g/mol. The summed E-state index contributed by atoms with van der Waals surface area (Å²) >= 11 is 11.3. The molecule has 1 aromatic rings. The molecule has 0 unspecified atom stereocenters. The largest absolute Gasteiger partial charge is 0.486 e. The van der Waals surface area contributed by atoms with Crippen molar-refractivity contribution < 1.29 is 9.47 Å². The number of hydrazone groups is 1. The summed E-state index contributed by atoms with van der Waals surface area (Å²) in [5, 5.41) is 8.20. The molecule has 0 aliphatic carbocycles. The second-order valence-corrected chi connectivity index (χ2v) is 6.15. The molecule has 1 aromatic carbocycles. The highest BCUT2D eigenvalue weighted by molar-refractivity contribution is 7.80. The number of fused-ring (bicyclic) bond motifs is 1. The fourth-order valence-corrected chi connectivity index (χ4v) is 2.31. The first kappa shape index (κ1) is 16.8. The summed E-state index contributed by atoms with van der Waals surface area (Å²) in [5.74, 6) is 1.86. The molecule has 1 heterocycles. The van der Waals surface area contributed by atoms with E-state index in [-0.39, 0.29) is 0 Å². The molecule has 0 bridgehead atoms. The highest BCUT2D eigenvalue weighted by atomic mass is 35.5. The van der Waals surface area contributed by atoms with E-state index in [4.69, 9.17) is 33.3 Å². The van der Waals surface area contributed by atoms with Gasteiger partial charge in [-0.15, -0.1) is 0 Å².